The summed E-state index contributed by atoms with van der Waals surface area (Å²) in [6.45, 7) is 6.33. The van der Waals surface area contributed by atoms with Crippen LogP contribution in [-0.2, 0) is 29.1 Å². The summed E-state index contributed by atoms with van der Waals surface area (Å²) in [4.78, 5) is 33.2. The van der Waals surface area contributed by atoms with Gasteiger partial charge in [-0.15, -0.1) is 0 Å². The largest absolute Gasteiger partial charge is 0.336 e. The molecule has 5 rings (SSSR count). The van der Waals surface area contributed by atoms with E-state index in [9.17, 15) is 9.59 Å². The molecule has 2 aliphatic rings. The zero-order valence-corrected chi connectivity index (χ0v) is 23.0. The monoisotopic (exact) mass is 529 g/mol. The van der Waals surface area contributed by atoms with E-state index in [2.05, 4.69) is 36.1 Å². The van der Waals surface area contributed by atoms with Crippen LogP contribution in [0.2, 0.25) is 5.02 Å². The first-order valence-corrected chi connectivity index (χ1v) is 14.0. The lowest BCUT2D eigenvalue weighted by Crippen LogP contribution is -2.45. The van der Waals surface area contributed by atoms with Crippen LogP contribution in [0.5, 0.6) is 0 Å². The summed E-state index contributed by atoms with van der Waals surface area (Å²) in [5.74, 6) is 0.158. The lowest BCUT2D eigenvalue weighted by Gasteiger charge is -2.34. The average molecular weight is 530 g/mol. The fourth-order valence-corrected chi connectivity index (χ4v) is 6.14. The van der Waals surface area contributed by atoms with Crippen molar-refractivity contribution in [3.05, 3.63) is 100 Å². The van der Waals surface area contributed by atoms with Gasteiger partial charge >= 0.3 is 0 Å². The van der Waals surface area contributed by atoms with Crippen LogP contribution in [0.3, 0.4) is 0 Å². The Hall–Kier alpha value is -3.15. The number of hydrogen-bond acceptors (Lipinski definition) is 3. The second-order valence-electron chi connectivity index (χ2n) is 10.6. The average Bonchev–Trinajstić information content (AvgIpc) is 3.26. The van der Waals surface area contributed by atoms with E-state index >= 15 is 0 Å². The molecule has 0 radical (unpaired) electrons. The summed E-state index contributed by atoms with van der Waals surface area (Å²) >= 11 is 6.16. The van der Waals surface area contributed by atoms with E-state index in [0.717, 1.165) is 53.2 Å². The van der Waals surface area contributed by atoms with Gasteiger partial charge in [0.1, 0.15) is 0 Å². The third-order valence-electron chi connectivity index (χ3n) is 8.15. The molecule has 2 aliphatic heterocycles. The lowest BCUT2D eigenvalue weighted by molar-refractivity contribution is -0.132. The van der Waals surface area contributed by atoms with Gasteiger partial charge < -0.3 is 9.80 Å². The van der Waals surface area contributed by atoms with Crippen LogP contribution in [0.15, 0.2) is 72.8 Å². The second-order valence-corrected chi connectivity index (χ2v) is 11.1. The first-order valence-electron chi connectivity index (χ1n) is 13.6. The van der Waals surface area contributed by atoms with Gasteiger partial charge in [0, 0.05) is 55.9 Å². The Balaban J connectivity index is 1.50. The number of anilines is 1. The van der Waals surface area contributed by atoms with Crippen LogP contribution in [0, 0.1) is 6.92 Å². The molecule has 6 heteroatoms. The number of carbonyl (C=O) groups excluding carboxylic acids is 2. The number of fused-ring (bicyclic) bond motifs is 3. The van der Waals surface area contributed by atoms with E-state index in [1.54, 1.807) is 6.92 Å². The van der Waals surface area contributed by atoms with E-state index in [1.165, 1.54) is 5.56 Å². The van der Waals surface area contributed by atoms with Crippen LogP contribution in [0.4, 0.5) is 5.69 Å². The molecule has 3 aromatic rings. The maximum Gasteiger partial charge on any atom is 0.227 e. The van der Waals surface area contributed by atoms with Crippen LogP contribution in [0.25, 0.3) is 0 Å². The molecule has 0 unspecified atom stereocenters. The number of carbonyl (C=O) groups is 2. The van der Waals surface area contributed by atoms with E-state index in [0.29, 0.717) is 32.1 Å². The van der Waals surface area contributed by atoms with Crippen molar-refractivity contribution < 1.29 is 9.59 Å². The van der Waals surface area contributed by atoms with Crippen LogP contribution >= 0.6 is 11.6 Å². The molecule has 0 N–H and O–H groups in total. The molecule has 2 heterocycles. The summed E-state index contributed by atoms with van der Waals surface area (Å²) in [6, 6.07) is 24.8. The molecule has 1 saturated heterocycles. The van der Waals surface area contributed by atoms with E-state index in [4.69, 9.17) is 11.6 Å². The Kier molecular flexibility index (Phi) is 8.15. The minimum Gasteiger partial charge on any atom is -0.336 e. The van der Waals surface area contributed by atoms with Crippen LogP contribution in [-0.4, -0.2) is 46.8 Å². The number of halogens is 1. The molecule has 0 aliphatic carbocycles. The Morgan fingerprint density at radius 3 is 2.37 bits per heavy atom. The zero-order chi connectivity index (χ0) is 26.6. The molecule has 0 spiro atoms. The van der Waals surface area contributed by atoms with Gasteiger partial charge in [0.2, 0.25) is 11.8 Å². The number of aryl methyl sites for hydroxylation is 1. The first-order chi connectivity index (χ1) is 18.4. The van der Waals surface area contributed by atoms with Crippen molar-refractivity contribution in [3.8, 4) is 0 Å². The quantitative estimate of drug-likeness (QED) is 0.416. The number of amides is 2. The summed E-state index contributed by atoms with van der Waals surface area (Å²) in [6.07, 6.45) is 3.37. The van der Waals surface area contributed by atoms with Crippen molar-refractivity contribution in [2.75, 3.05) is 18.0 Å². The summed E-state index contributed by atoms with van der Waals surface area (Å²) in [7, 11) is 0. The molecule has 2 bridgehead atoms. The third kappa shape index (κ3) is 5.95. The Morgan fingerprint density at radius 1 is 0.895 bits per heavy atom. The fourth-order valence-electron chi connectivity index (χ4n) is 6.01. The number of hydrogen-bond donors (Lipinski definition) is 0. The fraction of sp³-hybridized carbons (Fsp3) is 0.375. The number of para-hydroxylation sites is 1. The van der Waals surface area contributed by atoms with Gasteiger partial charge in [0.25, 0.3) is 0 Å². The highest BCUT2D eigenvalue weighted by Gasteiger charge is 2.36. The highest BCUT2D eigenvalue weighted by molar-refractivity contribution is 6.30. The molecule has 38 heavy (non-hydrogen) atoms. The minimum absolute atomic E-state index is 0.0354. The molecule has 3 aromatic carbocycles. The zero-order valence-electron chi connectivity index (χ0n) is 22.3. The van der Waals surface area contributed by atoms with Crippen molar-refractivity contribution in [2.45, 2.75) is 64.7 Å². The molecule has 5 nitrogen and oxygen atoms in total. The molecule has 0 saturated carbocycles. The Bertz CT molecular complexity index is 1290. The minimum atomic E-state index is 0.0354. The van der Waals surface area contributed by atoms with Crippen molar-refractivity contribution in [3.63, 3.8) is 0 Å². The third-order valence-corrected chi connectivity index (χ3v) is 8.40. The van der Waals surface area contributed by atoms with Crippen LogP contribution in [0.1, 0.15) is 48.4 Å². The molecular weight excluding hydrogens is 494 g/mol. The van der Waals surface area contributed by atoms with Crippen LogP contribution < -0.4 is 4.90 Å². The van der Waals surface area contributed by atoms with Gasteiger partial charge in [-0.05, 0) is 66.6 Å². The van der Waals surface area contributed by atoms with E-state index in [1.807, 2.05) is 58.3 Å². The van der Waals surface area contributed by atoms with Crippen molar-refractivity contribution >= 4 is 29.1 Å². The topological polar surface area (TPSA) is 43.9 Å². The maximum atomic E-state index is 13.9. The van der Waals surface area contributed by atoms with Crippen molar-refractivity contribution in [1.29, 1.82) is 0 Å². The first kappa shape index (κ1) is 26.5. The van der Waals surface area contributed by atoms with Gasteiger partial charge in [0.15, 0.2) is 0 Å². The molecule has 198 valence electrons. The van der Waals surface area contributed by atoms with Gasteiger partial charge in [-0.25, -0.2) is 0 Å². The Morgan fingerprint density at radius 2 is 1.61 bits per heavy atom. The number of rotatable bonds is 4. The lowest BCUT2D eigenvalue weighted by atomic mass is 10.0. The summed E-state index contributed by atoms with van der Waals surface area (Å²) in [5, 5.41) is 0.733. The highest BCUT2D eigenvalue weighted by Crippen LogP contribution is 2.33. The van der Waals surface area contributed by atoms with Gasteiger partial charge in [-0.1, -0.05) is 66.2 Å². The predicted octanol–water partition coefficient (Wildman–Crippen LogP) is 6.01. The predicted molar refractivity (Wildman–Crippen MR) is 153 cm³/mol. The molecule has 0 aromatic heterocycles. The summed E-state index contributed by atoms with van der Waals surface area (Å²) in [5.41, 5.74) is 5.34. The molecule has 2 atom stereocenters. The number of benzene rings is 3. The standard InChI is InChI=1S/C32H36ClN3O2/c1-23-7-3-4-8-26(23)19-32(38)34-21-27-9-5-6-10-31(27)35(24(2)37)18-17-29-15-16-30(22-34)36(29)20-25-11-13-28(33)14-12-25/h3-14,29-30H,15-22H2,1-2H3/t29-,30+/m1/s1. The molecule has 1 fully saturated rings. The van der Waals surface area contributed by atoms with Gasteiger partial charge in [-0.3, -0.25) is 14.5 Å². The highest BCUT2D eigenvalue weighted by atomic mass is 35.5. The normalized spacial score (nSPS) is 20.1. The SMILES string of the molecule is CC(=O)N1CC[C@H]2CC[C@@H](CN(C(=O)Cc3ccccc3C)Cc3ccccc31)N2Cc1ccc(Cl)cc1. The molecular formula is C32H36ClN3O2. The van der Waals surface area contributed by atoms with E-state index < -0.39 is 0 Å². The smallest absolute Gasteiger partial charge is 0.227 e. The Labute approximate surface area is 231 Å². The van der Waals surface area contributed by atoms with Crippen molar-refractivity contribution in [1.82, 2.24) is 9.80 Å². The second kappa shape index (κ2) is 11.7. The van der Waals surface area contributed by atoms with E-state index in [-0.39, 0.29) is 17.9 Å². The summed E-state index contributed by atoms with van der Waals surface area (Å²) < 4.78 is 0. The van der Waals surface area contributed by atoms with Gasteiger partial charge in [-0.2, -0.15) is 0 Å². The maximum absolute atomic E-state index is 13.9. The van der Waals surface area contributed by atoms with Crippen molar-refractivity contribution in [2.24, 2.45) is 0 Å². The molecule has 2 amide bonds. The number of nitrogens with zero attached hydrogens (tertiary/aromatic N) is 3. The van der Waals surface area contributed by atoms with Gasteiger partial charge in [0.05, 0.1) is 6.42 Å².